The van der Waals surface area contributed by atoms with Crippen molar-refractivity contribution in [2.24, 2.45) is 0 Å². The van der Waals surface area contributed by atoms with Gasteiger partial charge in [-0.2, -0.15) is 0 Å². The molecule has 0 aliphatic heterocycles. The first-order chi connectivity index (χ1) is 9.58. The topological polar surface area (TPSA) is 80.4 Å². The molecule has 2 aromatic carbocycles. The van der Waals surface area contributed by atoms with Gasteiger partial charge in [-0.15, -0.1) is 0 Å². The predicted octanol–water partition coefficient (Wildman–Crippen LogP) is 3.35. The van der Waals surface area contributed by atoms with Crippen molar-refractivity contribution in [1.82, 2.24) is 0 Å². The summed E-state index contributed by atoms with van der Waals surface area (Å²) in [6.07, 6.45) is 3.43. The van der Waals surface area contributed by atoms with E-state index >= 15 is 0 Å². The summed E-state index contributed by atoms with van der Waals surface area (Å²) < 4.78 is 20.3. The molecule has 0 amide bonds. The molecule has 0 saturated heterocycles. The number of nitro groups is 1. The molecule has 1 unspecified atom stereocenters. The average Bonchev–Trinajstić information content (AvgIpc) is 2.45. The van der Waals surface area contributed by atoms with Gasteiger partial charge < -0.3 is 4.55 Å². The molecule has 0 heterocycles. The van der Waals surface area contributed by atoms with Crippen molar-refractivity contribution < 1.29 is 13.7 Å². The Labute approximate surface area is 118 Å². The molecule has 1 atom stereocenters. The van der Waals surface area contributed by atoms with Gasteiger partial charge in [-0.05, 0) is 29.3 Å². The molecule has 20 heavy (non-hydrogen) atoms. The minimum absolute atomic E-state index is 0.0269. The molecule has 6 heteroatoms. The van der Waals surface area contributed by atoms with E-state index in [4.69, 9.17) is 4.55 Å². The zero-order valence-electron chi connectivity index (χ0n) is 10.3. The van der Waals surface area contributed by atoms with Crippen molar-refractivity contribution in [3.05, 3.63) is 69.8 Å². The Morgan fingerprint density at radius 3 is 2.30 bits per heavy atom. The molecule has 0 bridgehead atoms. The lowest BCUT2D eigenvalue weighted by atomic mass is 10.1. The van der Waals surface area contributed by atoms with Crippen LogP contribution < -0.4 is 0 Å². The Hall–Kier alpha value is -2.31. The van der Waals surface area contributed by atoms with Gasteiger partial charge in [-0.25, -0.2) is 4.21 Å². The summed E-state index contributed by atoms with van der Waals surface area (Å²) in [5.41, 5.74) is 1.43. The molecular weight excluding hydrogens is 278 g/mol. The van der Waals surface area contributed by atoms with Crippen molar-refractivity contribution >= 4 is 28.9 Å². The Bertz CT molecular complexity index is 680. The van der Waals surface area contributed by atoms with E-state index in [1.807, 2.05) is 0 Å². The zero-order chi connectivity index (χ0) is 14.5. The highest BCUT2D eigenvalue weighted by atomic mass is 32.2. The van der Waals surface area contributed by atoms with Crippen molar-refractivity contribution in [1.29, 1.82) is 0 Å². The van der Waals surface area contributed by atoms with Crippen LogP contribution in [0.4, 0.5) is 5.69 Å². The maximum atomic E-state index is 11.2. The first-order valence-electron chi connectivity index (χ1n) is 5.70. The van der Waals surface area contributed by atoms with Crippen molar-refractivity contribution in [2.75, 3.05) is 0 Å². The molecule has 0 aromatic heterocycles. The molecule has 0 spiro atoms. The van der Waals surface area contributed by atoms with Gasteiger partial charge in [0.15, 0.2) is 11.1 Å². The lowest BCUT2D eigenvalue weighted by Gasteiger charge is -2.00. The van der Waals surface area contributed by atoms with Gasteiger partial charge in [0.2, 0.25) is 0 Å². The van der Waals surface area contributed by atoms with Gasteiger partial charge in [0.1, 0.15) is 0 Å². The van der Waals surface area contributed by atoms with Crippen LogP contribution in [-0.2, 0) is 11.1 Å². The van der Waals surface area contributed by atoms with Crippen LogP contribution in [0.25, 0.3) is 12.2 Å². The van der Waals surface area contributed by atoms with E-state index in [-0.39, 0.29) is 5.69 Å². The van der Waals surface area contributed by atoms with E-state index in [2.05, 4.69) is 0 Å². The second kappa shape index (κ2) is 6.23. The number of benzene rings is 2. The quantitative estimate of drug-likeness (QED) is 0.405. The number of hydrogen-bond acceptors (Lipinski definition) is 3. The van der Waals surface area contributed by atoms with Gasteiger partial charge in [0, 0.05) is 12.1 Å². The number of nitro benzene ring substituents is 1. The number of rotatable bonds is 4. The molecule has 0 fully saturated rings. The molecule has 0 radical (unpaired) electrons. The first kappa shape index (κ1) is 14.1. The summed E-state index contributed by atoms with van der Waals surface area (Å²) in [6, 6.07) is 12.8. The standard InChI is InChI=1S/C14H11NO4S/c16-15(17)13-9-6-11(7-10-13)5-8-12-3-1-2-4-14(12)20(18)19/h1-10H,(H,18,19). The molecule has 2 rings (SSSR count). The second-order valence-corrected chi connectivity index (χ2v) is 4.91. The third-order valence-corrected chi connectivity index (χ3v) is 3.41. The molecule has 0 aliphatic carbocycles. The van der Waals surface area contributed by atoms with Gasteiger partial charge in [0.25, 0.3) is 5.69 Å². The lowest BCUT2D eigenvalue weighted by molar-refractivity contribution is -0.384. The summed E-state index contributed by atoms with van der Waals surface area (Å²) in [5, 5.41) is 10.5. The number of hydrogen-bond donors (Lipinski definition) is 1. The summed E-state index contributed by atoms with van der Waals surface area (Å²) in [7, 11) is 0. The number of non-ortho nitro benzene ring substituents is 1. The van der Waals surface area contributed by atoms with Crippen LogP contribution in [0, 0.1) is 10.1 Å². The molecular formula is C14H11NO4S. The maximum absolute atomic E-state index is 11.2. The fourth-order valence-corrected chi connectivity index (χ4v) is 2.20. The first-order valence-corrected chi connectivity index (χ1v) is 6.81. The lowest BCUT2D eigenvalue weighted by Crippen LogP contribution is -1.91. The molecule has 2 aromatic rings. The SMILES string of the molecule is O=[N+]([O-])c1ccc(C=Cc2ccccc2S(=O)O)cc1. The monoisotopic (exact) mass is 289 g/mol. The highest BCUT2D eigenvalue weighted by Gasteiger charge is 2.05. The minimum atomic E-state index is -2.05. The fourth-order valence-electron chi connectivity index (χ4n) is 1.67. The Kier molecular flexibility index (Phi) is 4.39. The maximum Gasteiger partial charge on any atom is 0.269 e. The van der Waals surface area contributed by atoms with Gasteiger partial charge >= 0.3 is 0 Å². The minimum Gasteiger partial charge on any atom is -0.302 e. The highest BCUT2D eigenvalue weighted by molar-refractivity contribution is 7.79. The largest absolute Gasteiger partial charge is 0.302 e. The summed E-state index contributed by atoms with van der Waals surface area (Å²) in [6.45, 7) is 0. The molecule has 102 valence electrons. The van der Waals surface area contributed by atoms with Crippen molar-refractivity contribution in [3.8, 4) is 0 Å². The van der Waals surface area contributed by atoms with Gasteiger partial charge in [-0.3, -0.25) is 10.1 Å². The van der Waals surface area contributed by atoms with Crippen LogP contribution in [0.3, 0.4) is 0 Å². The van der Waals surface area contributed by atoms with Crippen LogP contribution in [-0.4, -0.2) is 13.7 Å². The van der Waals surface area contributed by atoms with Crippen LogP contribution in [0.1, 0.15) is 11.1 Å². The Balaban J connectivity index is 2.25. The molecule has 5 nitrogen and oxygen atoms in total. The smallest absolute Gasteiger partial charge is 0.269 e. The normalized spacial score (nSPS) is 12.4. The van der Waals surface area contributed by atoms with Crippen molar-refractivity contribution in [3.63, 3.8) is 0 Å². The van der Waals surface area contributed by atoms with Crippen molar-refractivity contribution in [2.45, 2.75) is 4.90 Å². The highest BCUT2D eigenvalue weighted by Crippen LogP contribution is 2.17. The number of nitrogens with zero attached hydrogens (tertiary/aromatic N) is 1. The third-order valence-electron chi connectivity index (χ3n) is 2.67. The fraction of sp³-hybridized carbons (Fsp3) is 0. The van der Waals surface area contributed by atoms with E-state index in [0.29, 0.717) is 10.5 Å². The summed E-state index contributed by atoms with van der Waals surface area (Å²) in [4.78, 5) is 10.4. The van der Waals surface area contributed by atoms with Crippen LogP contribution >= 0.6 is 0 Å². The van der Waals surface area contributed by atoms with Crippen LogP contribution in [0.5, 0.6) is 0 Å². The molecule has 0 saturated carbocycles. The summed E-state index contributed by atoms with van der Waals surface area (Å²) >= 11 is -2.05. The Morgan fingerprint density at radius 1 is 1.05 bits per heavy atom. The average molecular weight is 289 g/mol. The van der Waals surface area contributed by atoms with E-state index in [9.17, 15) is 14.3 Å². The molecule has 0 aliphatic rings. The second-order valence-electron chi connectivity index (χ2n) is 3.97. The van der Waals surface area contributed by atoms with E-state index in [1.165, 1.54) is 12.1 Å². The van der Waals surface area contributed by atoms with E-state index in [0.717, 1.165) is 5.56 Å². The zero-order valence-corrected chi connectivity index (χ0v) is 11.1. The van der Waals surface area contributed by atoms with Crippen LogP contribution in [0.2, 0.25) is 0 Å². The van der Waals surface area contributed by atoms with E-state index < -0.39 is 16.0 Å². The summed E-state index contributed by atoms with van der Waals surface area (Å²) in [5.74, 6) is 0. The van der Waals surface area contributed by atoms with Gasteiger partial charge in [-0.1, -0.05) is 30.4 Å². The van der Waals surface area contributed by atoms with Gasteiger partial charge in [0.05, 0.1) is 9.82 Å². The Morgan fingerprint density at radius 2 is 1.70 bits per heavy atom. The predicted molar refractivity (Wildman–Crippen MR) is 77.5 cm³/mol. The third kappa shape index (κ3) is 3.37. The van der Waals surface area contributed by atoms with E-state index in [1.54, 1.807) is 48.6 Å². The van der Waals surface area contributed by atoms with Crippen LogP contribution in [0.15, 0.2) is 53.4 Å². The molecule has 1 N–H and O–H groups in total.